The van der Waals surface area contributed by atoms with Crippen molar-refractivity contribution in [1.82, 2.24) is 4.98 Å². The molecule has 0 atom stereocenters. The van der Waals surface area contributed by atoms with Gasteiger partial charge in [0.15, 0.2) is 5.69 Å². The molecule has 0 unspecified atom stereocenters. The molecule has 1 N–H and O–H groups in total. The van der Waals surface area contributed by atoms with Gasteiger partial charge in [-0.05, 0) is 42.7 Å². The number of rotatable bonds is 4. The Morgan fingerprint density at radius 1 is 1.20 bits per heavy atom. The van der Waals surface area contributed by atoms with Gasteiger partial charge in [0.2, 0.25) is 5.89 Å². The first kappa shape index (κ1) is 17.5. The number of anilines is 1. The van der Waals surface area contributed by atoms with E-state index >= 15 is 0 Å². The highest BCUT2D eigenvalue weighted by Crippen LogP contribution is 2.28. The first-order chi connectivity index (χ1) is 12.0. The van der Waals surface area contributed by atoms with Gasteiger partial charge in [-0.3, -0.25) is 4.79 Å². The van der Waals surface area contributed by atoms with E-state index in [1.807, 2.05) is 32.0 Å². The second-order valence-corrected chi connectivity index (χ2v) is 6.40. The zero-order valence-corrected chi connectivity index (χ0v) is 15.3. The molecule has 0 aliphatic carbocycles. The minimum atomic E-state index is -0.320. The highest BCUT2D eigenvalue weighted by atomic mass is 35.5. The Balaban J connectivity index is 1.85. The molecule has 0 aliphatic rings. The fourth-order valence-electron chi connectivity index (χ4n) is 2.52. The number of halogens is 2. The van der Waals surface area contributed by atoms with Crippen LogP contribution in [0.15, 0.2) is 47.1 Å². The molecule has 0 bridgehead atoms. The van der Waals surface area contributed by atoms with Crippen LogP contribution in [0.2, 0.25) is 10.0 Å². The van der Waals surface area contributed by atoms with Crippen molar-refractivity contribution in [2.24, 2.45) is 0 Å². The van der Waals surface area contributed by atoms with Crippen molar-refractivity contribution in [2.75, 3.05) is 5.32 Å². The number of aryl methyl sites for hydroxylation is 2. The zero-order chi connectivity index (χ0) is 18.0. The van der Waals surface area contributed by atoms with E-state index in [4.69, 9.17) is 27.6 Å². The quantitative estimate of drug-likeness (QED) is 0.630. The minimum Gasteiger partial charge on any atom is -0.444 e. The van der Waals surface area contributed by atoms with Crippen LogP contribution in [0.5, 0.6) is 0 Å². The molecular formula is C19H16Cl2N2O2. The number of carbonyl (C=O) groups is 1. The van der Waals surface area contributed by atoms with Crippen molar-refractivity contribution in [2.45, 2.75) is 20.3 Å². The number of nitrogens with one attached hydrogen (secondary N) is 1. The molecule has 128 valence electrons. The van der Waals surface area contributed by atoms with Crippen LogP contribution in [0, 0.1) is 6.92 Å². The van der Waals surface area contributed by atoms with Gasteiger partial charge in [-0.1, -0.05) is 48.3 Å². The number of aromatic nitrogens is 1. The summed E-state index contributed by atoms with van der Waals surface area (Å²) in [5.41, 5.74) is 3.74. The van der Waals surface area contributed by atoms with Gasteiger partial charge in [-0.25, -0.2) is 4.98 Å². The highest BCUT2D eigenvalue weighted by molar-refractivity contribution is 6.42. The van der Waals surface area contributed by atoms with E-state index < -0.39 is 0 Å². The Kier molecular flexibility index (Phi) is 5.11. The van der Waals surface area contributed by atoms with Gasteiger partial charge in [0.25, 0.3) is 5.91 Å². The van der Waals surface area contributed by atoms with Gasteiger partial charge in [0.1, 0.15) is 6.26 Å². The molecule has 6 heteroatoms. The molecule has 1 heterocycles. The number of para-hydroxylation sites is 1. The average molecular weight is 375 g/mol. The lowest BCUT2D eigenvalue weighted by atomic mass is 10.1. The summed E-state index contributed by atoms with van der Waals surface area (Å²) >= 11 is 11.9. The van der Waals surface area contributed by atoms with Crippen LogP contribution in [-0.4, -0.2) is 10.9 Å². The summed E-state index contributed by atoms with van der Waals surface area (Å²) in [7, 11) is 0. The fourth-order valence-corrected chi connectivity index (χ4v) is 2.82. The van der Waals surface area contributed by atoms with Crippen molar-refractivity contribution in [3.8, 4) is 11.5 Å². The van der Waals surface area contributed by atoms with Gasteiger partial charge in [0.05, 0.1) is 10.0 Å². The lowest BCUT2D eigenvalue weighted by molar-refractivity contribution is 0.102. The molecule has 3 rings (SSSR count). The average Bonchev–Trinajstić information content (AvgIpc) is 3.09. The van der Waals surface area contributed by atoms with Crippen molar-refractivity contribution >= 4 is 34.8 Å². The Morgan fingerprint density at radius 2 is 2.00 bits per heavy atom. The van der Waals surface area contributed by atoms with Crippen LogP contribution in [0.3, 0.4) is 0 Å². The summed E-state index contributed by atoms with van der Waals surface area (Å²) in [6, 6.07) is 11.0. The number of carbonyl (C=O) groups excluding carboxylic acids is 1. The third kappa shape index (κ3) is 3.70. The minimum absolute atomic E-state index is 0.200. The summed E-state index contributed by atoms with van der Waals surface area (Å²) in [5, 5.41) is 3.77. The van der Waals surface area contributed by atoms with E-state index in [0.29, 0.717) is 21.5 Å². The van der Waals surface area contributed by atoms with Crippen LogP contribution < -0.4 is 5.32 Å². The molecule has 1 aromatic heterocycles. The van der Waals surface area contributed by atoms with Gasteiger partial charge in [-0.2, -0.15) is 0 Å². The normalized spacial score (nSPS) is 10.7. The maximum absolute atomic E-state index is 12.5. The molecule has 0 aliphatic heterocycles. The zero-order valence-electron chi connectivity index (χ0n) is 13.8. The SMILES string of the molecule is CCc1cccc(C)c1NC(=O)c1coc(-c2ccc(Cl)c(Cl)c2)n1. The molecule has 0 radical (unpaired) electrons. The number of hydrogen-bond donors (Lipinski definition) is 1. The van der Waals surface area contributed by atoms with Crippen molar-refractivity contribution in [1.29, 1.82) is 0 Å². The topological polar surface area (TPSA) is 55.1 Å². The summed E-state index contributed by atoms with van der Waals surface area (Å²) in [5.74, 6) is -0.0109. The van der Waals surface area contributed by atoms with Crippen LogP contribution >= 0.6 is 23.2 Å². The van der Waals surface area contributed by atoms with Gasteiger partial charge >= 0.3 is 0 Å². The van der Waals surface area contributed by atoms with E-state index in [-0.39, 0.29) is 11.6 Å². The molecule has 3 aromatic rings. The van der Waals surface area contributed by atoms with E-state index in [1.165, 1.54) is 6.26 Å². The number of hydrogen-bond acceptors (Lipinski definition) is 3. The Morgan fingerprint density at radius 3 is 2.72 bits per heavy atom. The van der Waals surface area contributed by atoms with Crippen LogP contribution in [-0.2, 0) is 6.42 Å². The second kappa shape index (κ2) is 7.30. The lowest BCUT2D eigenvalue weighted by Crippen LogP contribution is -2.14. The van der Waals surface area contributed by atoms with Crippen LogP contribution in [0.25, 0.3) is 11.5 Å². The number of nitrogens with zero attached hydrogens (tertiary/aromatic N) is 1. The van der Waals surface area contributed by atoms with E-state index in [1.54, 1.807) is 18.2 Å². The van der Waals surface area contributed by atoms with E-state index in [2.05, 4.69) is 10.3 Å². The van der Waals surface area contributed by atoms with Crippen LogP contribution in [0.1, 0.15) is 28.5 Å². The third-order valence-electron chi connectivity index (χ3n) is 3.88. The van der Waals surface area contributed by atoms with Crippen molar-refractivity contribution in [3.05, 3.63) is 69.5 Å². The predicted octanol–water partition coefficient (Wildman–Crippen LogP) is 5.77. The largest absolute Gasteiger partial charge is 0.444 e. The molecule has 2 aromatic carbocycles. The second-order valence-electron chi connectivity index (χ2n) is 5.58. The molecule has 0 spiro atoms. The molecule has 1 amide bonds. The smallest absolute Gasteiger partial charge is 0.277 e. The number of oxazole rings is 1. The van der Waals surface area contributed by atoms with Crippen LogP contribution in [0.4, 0.5) is 5.69 Å². The monoisotopic (exact) mass is 374 g/mol. The van der Waals surface area contributed by atoms with E-state index in [9.17, 15) is 4.79 Å². The number of amides is 1. The third-order valence-corrected chi connectivity index (χ3v) is 4.62. The van der Waals surface area contributed by atoms with Crippen molar-refractivity contribution in [3.63, 3.8) is 0 Å². The number of benzene rings is 2. The standard InChI is InChI=1S/C19H16Cl2N2O2/c1-3-12-6-4-5-11(2)17(12)23-18(24)16-10-25-19(22-16)13-7-8-14(20)15(21)9-13/h4-10H,3H2,1-2H3,(H,23,24). The first-order valence-electron chi connectivity index (χ1n) is 7.80. The Labute approximate surface area is 155 Å². The lowest BCUT2D eigenvalue weighted by Gasteiger charge is -2.11. The van der Waals surface area contributed by atoms with E-state index in [0.717, 1.165) is 23.2 Å². The highest BCUT2D eigenvalue weighted by Gasteiger charge is 2.16. The summed E-state index contributed by atoms with van der Waals surface area (Å²) < 4.78 is 5.42. The maximum atomic E-state index is 12.5. The summed E-state index contributed by atoms with van der Waals surface area (Å²) in [4.78, 5) is 16.8. The molecule has 0 saturated carbocycles. The predicted molar refractivity (Wildman–Crippen MR) is 100 cm³/mol. The maximum Gasteiger partial charge on any atom is 0.277 e. The summed E-state index contributed by atoms with van der Waals surface area (Å²) in [6.07, 6.45) is 2.15. The molecule has 0 fully saturated rings. The van der Waals surface area contributed by atoms with Gasteiger partial charge in [-0.15, -0.1) is 0 Å². The molecule has 4 nitrogen and oxygen atoms in total. The molecule has 25 heavy (non-hydrogen) atoms. The summed E-state index contributed by atoms with van der Waals surface area (Å²) in [6.45, 7) is 4.00. The van der Waals surface area contributed by atoms with Gasteiger partial charge in [0, 0.05) is 11.3 Å². The molecular weight excluding hydrogens is 359 g/mol. The van der Waals surface area contributed by atoms with Gasteiger partial charge < -0.3 is 9.73 Å². The molecule has 0 saturated heterocycles. The Hall–Kier alpha value is -2.30. The van der Waals surface area contributed by atoms with Crippen molar-refractivity contribution < 1.29 is 9.21 Å². The fraction of sp³-hybridized carbons (Fsp3) is 0.158. The Bertz CT molecular complexity index is 935. The first-order valence-corrected chi connectivity index (χ1v) is 8.56.